The third-order valence-electron chi connectivity index (χ3n) is 3.18. The number of hydrogen-bond acceptors (Lipinski definition) is 1. The van der Waals surface area contributed by atoms with Gasteiger partial charge >= 0.3 is 42.2 Å². The molecule has 0 amide bonds. The van der Waals surface area contributed by atoms with Crippen LogP contribution in [0.25, 0.3) is 0 Å². The maximum absolute atomic E-state index is 13.6. The van der Waals surface area contributed by atoms with Gasteiger partial charge in [0.1, 0.15) is 5.57 Å². The number of halogens is 17. The minimum Gasteiger partial charge on any atom is -0.469 e. The SMILES string of the molecule is FC(F)(F)C(OC1=C(C(F)(C(F)(F)F)C(F)(F)F)C(F)(F)C1(F)F)C(F)(F)F. The molecule has 0 bridgehead atoms. The van der Waals surface area contributed by atoms with Crippen molar-refractivity contribution in [2.45, 2.75) is 48.3 Å². The first kappa shape index (κ1) is 24.4. The van der Waals surface area contributed by atoms with Crippen molar-refractivity contribution < 1.29 is 79.4 Å². The molecule has 0 spiro atoms. The molecular weight excluding hydrogens is 459 g/mol. The first-order chi connectivity index (χ1) is 11.8. The molecule has 0 aliphatic heterocycles. The van der Waals surface area contributed by atoms with Crippen LogP contribution in [0.2, 0.25) is 0 Å². The minimum atomic E-state index is -7.54. The fraction of sp³-hybridized carbons (Fsp3) is 0.800. The van der Waals surface area contributed by atoms with E-state index in [1.54, 1.807) is 0 Å². The molecule has 1 rings (SSSR count). The van der Waals surface area contributed by atoms with Crippen LogP contribution in [0.15, 0.2) is 11.3 Å². The van der Waals surface area contributed by atoms with Gasteiger partial charge in [0.2, 0.25) is 0 Å². The van der Waals surface area contributed by atoms with Gasteiger partial charge in [-0.1, -0.05) is 0 Å². The first-order valence-electron chi connectivity index (χ1n) is 5.98. The van der Waals surface area contributed by atoms with Gasteiger partial charge in [-0.15, -0.1) is 0 Å². The number of ether oxygens (including phenoxy) is 1. The third kappa shape index (κ3) is 3.31. The van der Waals surface area contributed by atoms with Crippen LogP contribution in [-0.2, 0) is 4.74 Å². The number of hydrogen-bond donors (Lipinski definition) is 0. The lowest BCUT2D eigenvalue weighted by Gasteiger charge is -2.46. The van der Waals surface area contributed by atoms with Crippen molar-refractivity contribution in [1.82, 2.24) is 0 Å². The fourth-order valence-corrected chi connectivity index (χ4v) is 1.92. The van der Waals surface area contributed by atoms with E-state index in [-0.39, 0.29) is 0 Å². The lowest BCUT2D eigenvalue weighted by Crippen LogP contribution is -2.68. The Labute approximate surface area is 140 Å². The summed E-state index contributed by atoms with van der Waals surface area (Å²) in [6.07, 6.45) is -34.3. The molecule has 18 heteroatoms. The molecular formula is C10HF17O. The highest BCUT2D eigenvalue weighted by Crippen LogP contribution is 2.66. The van der Waals surface area contributed by atoms with E-state index in [9.17, 15) is 74.6 Å². The summed E-state index contributed by atoms with van der Waals surface area (Å²) >= 11 is 0. The van der Waals surface area contributed by atoms with Gasteiger partial charge in [-0.05, 0) is 0 Å². The molecule has 0 atom stereocenters. The Bertz CT molecular complexity index is 613. The zero-order valence-electron chi connectivity index (χ0n) is 11.9. The normalized spacial score (nSPS) is 21.1. The van der Waals surface area contributed by atoms with E-state index in [0.29, 0.717) is 0 Å². The van der Waals surface area contributed by atoms with Gasteiger partial charge in [0, 0.05) is 0 Å². The van der Waals surface area contributed by atoms with Crippen molar-refractivity contribution >= 4 is 0 Å². The molecule has 0 fully saturated rings. The molecule has 0 N–H and O–H groups in total. The third-order valence-corrected chi connectivity index (χ3v) is 3.18. The molecule has 0 saturated carbocycles. The Balaban J connectivity index is 3.85. The summed E-state index contributed by atoms with van der Waals surface area (Å²) in [5.74, 6) is -17.4. The Morgan fingerprint density at radius 1 is 0.571 bits per heavy atom. The molecule has 0 saturated heterocycles. The minimum absolute atomic E-state index is 2.37. The van der Waals surface area contributed by atoms with E-state index >= 15 is 0 Å². The highest BCUT2D eigenvalue weighted by Gasteiger charge is 2.88. The molecule has 1 aliphatic carbocycles. The average molecular weight is 460 g/mol. The number of alkyl halides is 17. The lowest BCUT2D eigenvalue weighted by molar-refractivity contribution is -0.360. The van der Waals surface area contributed by atoms with Crippen LogP contribution >= 0.6 is 0 Å². The summed E-state index contributed by atoms with van der Waals surface area (Å²) in [5.41, 5.74) is -11.9. The van der Waals surface area contributed by atoms with E-state index in [1.807, 2.05) is 0 Å². The van der Waals surface area contributed by atoms with Gasteiger partial charge < -0.3 is 4.74 Å². The van der Waals surface area contributed by atoms with Gasteiger partial charge in [0.05, 0.1) is 0 Å². The summed E-state index contributed by atoms with van der Waals surface area (Å²) < 4.78 is 217. The van der Waals surface area contributed by atoms with E-state index < -0.39 is 59.7 Å². The van der Waals surface area contributed by atoms with Crippen LogP contribution in [0.4, 0.5) is 74.6 Å². The molecule has 1 aliphatic rings. The Hall–Kier alpha value is -1.65. The summed E-state index contributed by atoms with van der Waals surface area (Å²) in [7, 11) is 0. The second-order valence-corrected chi connectivity index (χ2v) is 5.09. The van der Waals surface area contributed by atoms with E-state index in [0.717, 1.165) is 0 Å². The highest BCUT2D eigenvalue weighted by atomic mass is 19.4. The van der Waals surface area contributed by atoms with Crippen LogP contribution < -0.4 is 0 Å². The van der Waals surface area contributed by atoms with E-state index in [4.69, 9.17) is 0 Å². The molecule has 28 heavy (non-hydrogen) atoms. The molecule has 0 aromatic heterocycles. The van der Waals surface area contributed by atoms with Crippen LogP contribution in [0, 0.1) is 0 Å². The quantitative estimate of drug-likeness (QED) is 0.480. The molecule has 166 valence electrons. The summed E-state index contributed by atoms with van der Waals surface area (Å²) in [6.45, 7) is 0. The largest absolute Gasteiger partial charge is 0.469 e. The number of rotatable bonds is 3. The molecule has 0 unspecified atom stereocenters. The highest BCUT2D eigenvalue weighted by molar-refractivity contribution is 5.48. The van der Waals surface area contributed by atoms with Gasteiger partial charge in [0.25, 0.3) is 6.10 Å². The second-order valence-electron chi connectivity index (χ2n) is 5.09. The van der Waals surface area contributed by atoms with E-state index in [2.05, 4.69) is 4.74 Å². The van der Waals surface area contributed by atoms with Crippen LogP contribution in [0.1, 0.15) is 0 Å². The lowest BCUT2D eigenvalue weighted by atomic mass is 9.75. The standard InChI is InChI=1S/C10HF17O/c11-4(9(22,23)24,10(25,26)27)1-2(6(14,15)5(1,12)13)28-3(7(16,17)18)8(19,20)21/h3H. The average Bonchev–Trinajstić information content (AvgIpc) is 2.36. The van der Waals surface area contributed by atoms with Gasteiger partial charge in [0.15, 0.2) is 5.76 Å². The second kappa shape index (κ2) is 5.93. The maximum Gasteiger partial charge on any atom is 0.436 e. The fourth-order valence-electron chi connectivity index (χ4n) is 1.92. The van der Waals surface area contributed by atoms with E-state index in [1.165, 1.54) is 0 Å². The topological polar surface area (TPSA) is 9.23 Å². The molecule has 1 nitrogen and oxygen atoms in total. The summed E-state index contributed by atoms with van der Waals surface area (Å²) in [4.78, 5) is 0. The van der Waals surface area contributed by atoms with Crippen molar-refractivity contribution in [2.24, 2.45) is 0 Å². The van der Waals surface area contributed by atoms with Crippen LogP contribution in [0.5, 0.6) is 0 Å². The molecule has 0 aromatic rings. The van der Waals surface area contributed by atoms with Gasteiger partial charge in [-0.2, -0.15) is 70.2 Å². The molecule has 0 radical (unpaired) electrons. The van der Waals surface area contributed by atoms with Crippen molar-refractivity contribution in [3.05, 3.63) is 11.3 Å². The molecule has 0 aromatic carbocycles. The smallest absolute Gasteiger partial charge is 0.436 e. The van der Waals surface area contributed by atoms with Crippen molar-refractivity contribution in [3.8, 4) is 0 Å². The zero-order chi connectivity index (χ0) is 22.9. The van der Waals surface area contributed by atoms with Gasteiger partial charge in [-0.3, -0.25) is 0 Å². The van der Waals surface area contributed by atoms with Crippen LogP contribution in [0.3, 0.4) is 0 Å². The Kier molecular flexibility index (Phi) is 5.16. The zero-order valence-corrected chi connectivity index (χ0v) is 11.9. The first-order valence-corrected chi connectivity index (χ1v) is 5.98. The van der Waals surface area contributed by atoms with Crippen molar-refractivity contribution in [3.63, 3.8) is 0 Å². The van der Waals surface area contributed by atoms with Crippen molar-refractivity contribution in [2.75, 3.05) is 0 Å². The Morgan fingerprint density at radius 2 is 0.893 bits per heavy atom. The van der Waals surface area contributed by atoms with Crippen molar-refractivity contribution in [1.29, 1.82) is 0 Å². The predicted octanol–water partition coefficient (Wildman–Crippen LogP) is 5.87. The maximum atomic E-state index is 13.6. The molecule has 0 heterocycles. The van der Waals surface area contributed by atoms with Gasteiger partial charge in [-0.25, -0.2) is 4.39 Å². The summed E-state index contributed by atoms with van der Waals surface area (Å²) in [6, 6.07) is 0. The monoisotopic (exact) mass is 460 g/mol. The predicted molar refractivity (Wildman–Crippen MR) is 49.9 cm³/mol. The number of allylic oxidation sites excluding steroid dienone is 2. The Morgan fingerprint density at radius 3 is 1.14 bits per heavy atom. The summed E-state index contributed by atoms with van der Waals surface area (Å²) in [5, 5.41) is 0. The van der Waals surface area contributed by atoms with Crippen LogP contribution in [-0.4, -0.2) is 48.3 Å².